The van der Waals surface area contributed by atoms with Crippen LogP contribution in [0.4, 0.5) is 5.69 Å². The molecule has 0 aromatic heterocycles. The highest BCUT2D eigenvalue weighted by Gasteiger charge is 2.12. The first-order chi connectivity index (χ1) is 7.50. The second-order valence-electron chi connectivity index (χ2n) is 3.22. The molecule has 1 aromatic carbocycles. The van der Waals surface area contributed by atoms with Crippen LogP contribution in [0, 0.1) is 10.1 Å². The molecule has 0 aliphatic rings. The van der Waals surface area contributed by atoms with Crippen LogP contribution in [-0.4, -0.2) is 22.1 Å². The Morgan fingerprint density at radius 2 is 2.31 bits per heavy atom. The number of carboxylic acids is 1. The zero-order valence-corrected chi connectivity index (χ0v) is 8.62. The third kappa shape index (κ3) is 3.32. The third-order valence-corrected chi connectivity index (χ3v) is 1.97. The number of nitro groups is 1. The Balaban J connectivity index is 2.64. The number of rotatable bonds is 5. The standard InChI is InChI=1S/C10H11NO5/c1-7(10(12)13)16-6-8-3-2-4-9(5-8)11(14)15/h2-5,7H,6H2,1H3,(H,12,13)/t7-/m1/s1. The summed E-state index contributed by atoms with van der Waals surface area (Å²) >= 11 is 0. The normalized spacial score (nSPS) is 12.1. The average molecular weight is 225 g/mol. The van der Waals surface area contributed by atoms with Gasteiger partial charge in [-0.1, -0.05) is 12.1 Å². The van der Waals surface area contributed by atoms with E-state index in [1.165, 1.54) is 25.1 Å². The molecule has 1 rings (SSSR count). The predicted molar refractivity (Wildman–Crippen MR) is 55.0 cm³/mol. The summed E-state index contributed by atoms with van der Waals surface area (Å²) in [4.78, 5) is 20.4. The number of aliphatic carboxylic acids is 1. The summed E-state index contributed by atoms with van der Waals surface area (Å²) in [7, 11) is 0. The van der Waals surface area contributed by atoms with Crippen molar-refractivity contribution in [3.05, 3.63) is 39.9 Å². The first-order valence-electron chi connectivity index (χ1n) is 4.58. The number of nitro benzene ring substituents is 1. The van der Waals surface area contributed by atoms with E-state index in [0.717, 1.165) is 0 Å². The third-order valence-electron chi connectivity index (χ3n) is 1.97. The summed E-state index contributed by atoms with van der Waals surface area (Å²) in [6, 6.07) is 5.89. The van der Waals surface area contributed by atoms with Crippen LogP contribution in [0.2, 0.25) is 0 Å². The fraction of sp³-hybridized carbons (Fsp3) is 0.300. The monoisotopic (exact) mass is 225 g/mol. The molecule has 0 bridgehead atoms. The second kappa shape index (κ2) is 5.22. The number of benzene rings is 1. The van der Waals surface area contributed by atoms with Crippen molar-refractivity contribution in [2.75, 3.05) is 0 Å². The summed E-state index contributed by atoms with van der Waals surface area (Å²) in [6.07, 6.45) is -0.931. The van der Waals surface area contributed by atoms with Crippen molar-refractivity contribution in [1.29, 1.82) is 0 Å². The number of nitrogens with zero attached hydrogens (tertiary/aromatic N) is 1. The Morgan fingerprint density at radius 3 is 2.88 bits per heavy atom. The first-order valence-corrected chi connectivity index (χ1v) is 4.58. The van der Waals surface area contributed by atoms with Crippen LogP contribution in [0.1, 0.15) is 12.5 Å². The van der Waals surface area contributed by atoms with E-state index < -0.39 is 17.0 Å². The molecule has 0 heterocycles. The zero-order valence-electron chi connectivity index (χ0n) is 8.62. The second-order valence-corrected chi connectivity index (χ2v) is 3.22. The molecule has 0 unspecified atom stereocenters. The van der Waals surface area contributed by atoms with E-state index >= 15 is 0 Å². The van der Waals surface area contributed by atoms with Gasteiger partial charge >= 0.3 is 5.97 Å². The zero-order chi connectivity index (χ0) is 12.1. The van der Waals surface area contributed by atoms with Gasteiger partial charge in [0.25, 0.3) is 5.69 Å². The number of hydrogen-bond acceptors (Lipinski definition) is 4. The van der Waals surface area contributed by atoms with E-state index in [1.54, 1.807) is 6.07 Å². The molecule has 0 saturated carbocycles. The predicted octanol–water partition coefficient (Wildman–Crippen LogP) is 1.58. The van der Waals surface area contributed by atoms with E-state index in [4.69, 9.17) is 9.84 Å². The lowest BCUT2D eigenvalue weighted by molar-refractivity contribution is -0.385. The molecule has 86 valence electrons. The van der Waals surface area contributed by atoms with Crippen LogP contribution in [-0.2, 0) is 16.1 Å². The molecule has 0 saturated heterocycles. The van der Waals surface area contributed by atoms with Gasteiger partial charge in [-0.25, -0.2) is 4.79 Å². The summed E-state index contributed by atoms with van der Waals surface area (Å²) in [5.41, 5.74) is 0.534. The number of ether oxygens (including phenoxy) is 1. The fourth-order valence-corrected chi connectivity index (χ4v) is 1.05. The van der Waals surface area contributed by atoms with Crippen LogP contribution in [0.3, 0.4) is 0 Å². The van der Waals surface area contributed by atoms with Crippen molar-refractivity contribution in [2.45, 2.75) is 19.6 Å². The molecule has 0 aliphatic heterocycles. The quantitative estimate of drug-likeness (QED) is 0.607. The summed E-state index contributed by atoms with van der Waals surface area (Å²) < 4.78 is 5.00. The molecule has 16 heavy (non-hydrogen) atoms. The molecule has 1 atom stereocenters. The van der Waals surface area contributed by atoms with E-state index in [0.29, 0.717) is 5.56 Å². The van der Waals surface area contributed by atoms with Gasteiger partial charge in [-0.3, -0.25) is 10.1 Å². The van der Waals surface area contributed by atoms with Gasteiger partial charge in [-0.15, -0.1) is 0 Å². The highest BCUT2D eigenvalue weighted by atomic mass is 16.6. The van der Waals surface area contributed by atoms with E-state index in [1.807, 2.05) is 0 Å². The maximum atomic E-state index is 10.5. The lowest BCUT2D eigenvalue weighted by Gasteiger charge is -2.07. The maximum Gasteiger partial charge on any atom is 0.332 e. The minimum atomic E-state index is -1.06. The van der Waals surface area contributed by atoms with Gasteiger partial charge < -0.3 is 9.84 Å². The van der Waals surface area contributed by atoms with E-state index in [2.05, 4.69) is 0 Å². The fourth-order valence-electron chi connectivity index (χ4n) is 1.05. The van der Waals surface area contributed by atoms with Crippen LogP contribution >= 0.6 is 0 Å². The van der Waals surface area contributed by atoms with Gasteiger partial charge in [0.1, 0.15) is 0 Å². The number of hydrogen-bond donors (Lipinski definition) is 1. The lowest BCUT2D eigenvalue weighted by atomic mass is 10.2. The number of carbonyl (C=O) groups is 1. The van der Waals surface area contributed by atoms with Crippen LogP contribution < -0.4 is 0 Å². The van der Waals surface area contributed by atoms with Crippen molar-refractivity contribution in [1.82, 2.24) is 0 Å². The summed E-state index contributed by atoms with van der Waals surface area (Å²) in [5.74, 6) is -1.06. The number of carboxylic acid groups (broad SMARTS) is 1. The SMILES string of the molecule is C[C@@H](OCc1cccc([N+](=O)[O-])c1)C(=O)O. The average Bonchev–Trinajstić information content (AvgIpc) is 2.26. The largest absolute Gasteiger partial charge is 0.479 e. The molecule has 0 radical (unpaired) electrons. The molecule has 1 N–H and O–H groups in total. The van der Waals surface area contributed by atoms with Gasteiger partial charge in [-0.2, -0.15) is 0 Å². The van der Waals surface area contributed by atoms with Crippen molar-refractivity contribution in [2.24, 2.45) is 0 Å². The summed E-state index contributed by atoms with van der Waals surface area (Å²) in [5, 5.41) is 19.0. The van der Waals surface area contributed by atoms with Gasteiger partial charge in [0.2, 0.25) is 0 Å². The Kier molecular flexibility index (Phi) is 3.96. The summed E-state index contributed by atoms with van der Waals surface area (Å²) in [6.45, 7) is 1.44. The van der Waals surface area contributed by atoms with Crippen molar-refractivity contribution in [3.8, 4) is 0 Å². The Bertz CT molecular complexity index is 404. The molecule has 0 aliphatic carbocycles. The molecule has 6 heteroatoms. The van der Waals surface area contributed by atoms with Gasteiger partial charge in [0, 0.05) is 12.1 Å². The van der Waals surface area contributed by atoms with Crippen LogP contribution in [0.25, 0.3) is 0 Å². The van der Waals surface area contributed by atoms with E-state index in [9.17, 15) is 14.9 Å². The molecule has 0 spiro atoms. The molecule has 1 aromatic rings. The number of non-ortho nitro benzene ring substituents is 1. The highest BCUT2D eigenvalue weighted by Crippen LogP contribution is 2.14. The molecule has 0 fully saturated rings. The Labute approximate surface area is 91.6 Å². The lowest BCUT2D eigenvalue weighted by Crippen LogP contribution is -2.19. The molecule has 0 amide bonds. The molecular weight excluding hydrogens is 214 g/mol. The minimum Gasteiger partial charge on any atom is -0.479 e. The molecule has 6 nitrogen and oxygen atoms in total. The smallest absolute Gasteiger partial charge is 0.332 e. The Morgan fingerprint density at radius 1 is 1.62 bits per heavy atom. The van der Waals surface area contributed by atoms with Crippen LogP contribution in [0.15, 0.2) is 24.3 Å². The Hall–Kier alpha value is -1.95. The van der Waals surface area contributed by atoms with Crippen molar-refractivity contribution >= 4 is 11.7 Å². The first kappa shape index (κ1) is 12.1. The topological polar surface area (TPSA) is 89.7 Å². The van der Waals surface area contributed by atoms with Gasteiger partial charge in [-0.05, 0) is 12.5 Å². The van der Waals surface area contributed by atoms with Crippen molar-refractivity contribution < 1.29 is 19.6 Å². The van der Waals surface area contributed by atoms with Crippen LogP contribution in [0.5, 0.6) is 0 Å². The maximum absolute atomic E-state index is 10.5. The van der Waals surface area contributed by atoms with Gasteiger partial charge in [0.15, 0.2) is 6.10 Å². The van der Waals surface area contributed by atoms with Crippen molar-refractivity contribution in [3.63, 3.8) is 0 Å². The van der Waals surface area contributed by atoms with E-state index in [-0.39, 0.29) is 12.3 Å². The minimum absolute atomic E-state index is 0.0369. The van der Waals surface area contributed by atoms with Gasteiger partial charge in [0.05, 0.1) is 11.5 Å². The highest BCUT2D eigenvalue weighted by molar-refractivity contribution is 5.71. The molecular formula is C10H11NO5.